The zero-order valence-corrected chi connectivity index (χ0v) is 22.6. The number of hydrogen-bond donors (Lipinski definition) is 0. The van der Waals surface area contributed by atoms with Crippen LogP contribution in [0.5, 0.6) is 0 Å². The lowest BCUT2D eigenvalue weighted by Crippen LogP contribution is -2.02. The molecule has 2 heterocycles. The molecule has 0 fully saturated rings. The van der Waals surface area contributed by atoms with Crippen molar-refractivity contribution in [2.45, 2.75) is 0 Å². The molecule has 7 heteroatoms. The molecule has 0 saturated carbocycles. The Labute approximate surface area is 246 Å². The SMILES string of the molecule is N#Cc1ccc2c(c1)c1cc(C#N)ccc1n2-c1ccc(C#N)c(-c2nc(-c3ccccc3)nc(-c3ccccc3)n2)c1. The Balaban J connectivity index is 1.50. The van der Waals surface area contributed by atoms with Crippen molar-refractivity contribution in [1.29, 1.82) is 15.8 Å². The van der Waals surface area contributed by atoms with Gasteiger partial charge < -0.3 is 4.57 Å². The van der Waals surface area contributed by atoms with Crippen LogP contribution < -0.4 is 0 Å². The number of nitrogens with zero attached hydrogens (tertiary/aromatic N) is 7. The Hall–Kier alpha value is -6.62. The summed E-state index contributed by atoms with van der Waals surface area (Å²) in [5.41, 5.74) is 6.23. The molecule has 0 spiro atoms. The number of fused-ring (bicyclic) bond motifs is 3. The van der Waals surface area contributed by atoms with E-state index in [1.165, 1.54) is 0 Å². The quantitative estimate of drug-likeness (QED) is 0.223. The van der Waals surface area contributed by atoms with Gasteiger partial charge in [-0.05, 0) is 54.6 Å². The van der Waals surface area contributed by atoms with Crippen LogP contribution in [0.4, 0.5) is 0 Å². The lowest BCUT2D eigenvalue weighted by atomic mass is 10.1. The molecular weight excluding hydrogens is 530 g/mol. The highest BCUT2D eigenvalue weighted by Crippen LogP contribution is 2.35. The fourth-order valence-electron chi connectivity index (χ4n) is 5.32. The summed E-state index contributed by atoms with van der Waals surface area (Å²) >= 11 is 0. The first-order chi connectivity index (χ1) is 21.2. The van der Waals surface area contributed by atoms with Crippen LogP contribution in [0.2, 0.25) is 0 Å². The summed E-state index contributed by atoms with van der Waals surface area (Å²) in [7, 11) is 0. The van der Waals surface area contributed by atoms with Gasteiger partial charge >= 0.3 is 0 Å². The maximum absolute atomic E-state index is 10.1. The predicted molar refractivity (Wildman–Crippen MR) is 165 cm³/mol. The first-order valence-corrected chi connectivity index (χ1v) is 13.5. The Bertz CT molecular complexity index is 2190. The van der Waals surface area contributed by atoms with Crippen molar-refractivity contribution in [2.75, 3.05) is 0 Å². The largest absolute Gasteiger partial charge is 0.309 e. The van der Waals surface area contributed by atoms with Gasteiger partial charge in [-0.15, -0.1) is 0 Å². The second kappa shape index (κ2) is 10.4. The fourth-order valence-corrected chi connectivity index (χ4v) is 5.32. The van der Waals surface area contributed by atoms with Crippen molar-refractivity contribution in [3.63, 3.8) is 0 Å². The standard InChI is InChI=1S/C36H19N7/c37-20-23-11-15-32-30(17-23)31-18-24(21-38)12-16-33(31)43(32)28-14-13-27(22-39)29(19-28)36-41-34(25-7-3-1-4-8-25)40-35(42-36)26-9-5-2-6-10-26/h1-19H. The van der Waals surface area contributed by atoms with E-state index in [0.29, 0.717) is 39.7 Å². The molecule has 0 aliphatic heterocycles. The summed E-state index contributed by atoms with van der Waals surface area (Å²) in [6.07, 6.45) is 0. The summed E-state index contributed by atoms with van der Waals surface area (Å²) in [5, 5.41) is 31.0. The van der Waals surface area contributed by atoms with E-state index >= 15 is 0 Å². The van der Waals surface area contributed by atoms with E-state index in [9.17, 15) is 15.8 Å². The highest BCUT2D eigenvalue weighted by Gasteiger charge is 2.18. The van der Waals surface area contributed by atoms with Gasteiger partial charge in [-0.1, -0.05) is 60.7 Å². The van der Waals surface area contributed by atoms with E-state index in [1.807, 2.05) is 97.1 Å². The average molecular weight is 550 g/mol. The van der Waals surface area contributed by atoms with Crippen LogP contribution in [-0.2, 0) is 0 Å². The van der Waals surface area contributed by atoms with E-state index < -0.39 is 0 Å². The topological polar surface area (TPSA) is 115 Å². The molecule has 7 rings (SSSR count). The minimum atomic E-state index is 0.380. The molecule has 0 aliphatic carbocycles. The molecule has 0 atom stereocenters. The van der Waals surface area contributed by atoms with E-state index in [0.717, 1.165) is 38.6 Å². The van der Waals surface area contributed by atoms with Crippen molar-refractivity contribution in [1.82, 2.24) is 19.5 Å². The second-order valence-electron chi connectivity index (χ2n) is 9.90. The van der Waals surface area contributed by atoms with Gasteiger partial charge in [-0.3, -0.25) is 0 Å². The number of hydrogen-bond acceptors (Lipinski definition) is 6. The molecule has 43 heavy (non-hydrogen) atoms. The maximum Gasteiger partial charge on any atom is 0.165 e. The van der Waals surface area contributed by atoms with Gasteiger partial charge in [0.2, 0.25) is 0 Å². The van der Waals surface area contributed by atoms with Gasteiger partial charge in [0.05, 0.1) is 45.9 Å². The monoisotopic (exact) mass is 549 g/mol. The third kappa shape index (κ3) is 4.43. The molecule has 0 radical (unpaired) electrons. The molecule has 2 aromatic heterocycles. The molecular formula is C36H19N7. The highest BCUT2D eigenvalue weighted by molar-refractivity contribution is 6.10. The second-order valence-corrected chi connectivity index (χ2v) is 9.90. The molecule has 5 aromatic carbocycles. The van der Waals surface area contributed by atoms with E-state index in [1.54, 1.807) is 18.2 Å². The zero-order valence-electron chi connectivity index (χ0n) is 22.6. The maximum atomic E-state index is 10.1. The van der Waals surface area contributed by atoms with Gasteiger partial charge in [-0.25, -0.2) is 15.0 Å². The third-order valence-electron chi connectivity index (χ3n) is 7.35. The van der Waals surface area contributed by atoms with Gasteiger partial charge in [-0.2, -0.15) is 15.8 Å². The Morgan fingerprint density at radius 3 is 1.49 bits per heavy atom. The first kappa shape index (κ1) is 25.4. The summed E-state index contributed by atoms with van der Waals surface area (Å²) in [4.78, 5) is 14.5. The first-order valence-electron chi connectivity index (χ1n) is 13.5. The summed E-state index contributed by atoms with van der Waals surface area (Å²) in [6, 6.07) is 42.7. The van der Waals surface area contributed by atoms with Gasteiger partial charge in [0.1, 0.15) is 0 Å². The average Bonchev–Trinajstić information content (AvgIpc) is 3.41. The van der Waals surface area contributed by atoms with Crippen molar-refractivity contribution in [3.05, 3.63) is 132 Å². The summed E-state index contributed by atoms with van der Waals surface area (Å²) in [5.74, 6) is 1.39. The smallest absolute Gasteiger partial charge is 0.165 e. The van der Waals surface area contributed by atoms with Gasteiger partial charge in [0.15, 0.2) is 17.5 Å². The number of nitriles is 3. The third-order valence-corrected chi connectivity index (χ3v) is 7.35. The van der Waals surface area contributed by atoms with Crippen LogP contribution >= 0.6 is 0 Å². The van der Waals surface area contributed by atoms with Crippen LogP contribution in [0.15, 0.2) is 115 Å². The molecule has 0 unspecified atom stereocenters. The lowest BCUT2D eigenvalue weighted by Gasteiger charge is -2.13. The predicted octanol–water partition coefficient (Wildman–Crippen LogP) is 7.58. The summed E-state index contributed by atoms with van der Waals surface area (Å²) < 4.78 is 2.06. The van der Waals surface area contributed by atoms with Gasteiger partial charge in [0, 0.05) is 33.2 Å². The Kier molecular flexibility index (Phi) is 6.14. The van der Waals surface area contributed by atoms with Crippen molar-refractivity contribution in [3.8, 4) is 58.1 Å². The Morgan fingerprint density at radius 1 is 0.488 bits per heavy atom. The molecule has 0 bridgehead atoms. The zero-order chi connectivity index (χ0) is 29.3. The molecule has 0 amide bonds. The number of benzene rings is 5. The fraction of sp³-hybridized carbons (Fsp3) is 0. The van der Waals surface area contributed by atoms with Crippen LogP contribution in [0, 0.1) is 34.0 Å². The number of aromatic nitrogens is 4. The van der Waals surface area contributed by atoms with Crippen molar-refractivity contribution >= 4 is 21.8 Å². The minimum Gasteiger partial charge on any atom is -0.309 e. The summed E-state index contributed by atoms with van der Waals surface area (Å²) in [6.45, 7) is 0. The number of rotatable bonds is 4. The lowest BCUT2D eigenvalue weighted by molar-refractivity contribution is 1.07. The Morgan fingerprint density at radius 2 is 1.00 bits per heavy atom. The van der Waals surface area contributed by atoms with Crippen LogP contribution in [0.3, 0.4) is 0 Å². The molecule has 0 N–H and O–H groups in total. The van der Waals surface area contributed by atoms with Crippen molar-refractivity contribution < 1.29 is 0 Å². The van der Waals surface area contributed by atoms with Crippen LogP contribution in [0.25, 0.3) is 61.7 Å². The molecule has 198 valence electrons. The van der Waals surface area contributed by atoms with Crippen LogP contribution in [-0.4, -0.2) is 19.5 Å². The normalized spacial score (nSPS) is 10.7. The van der Waals surface area contributed by atoms with E-state index in [-0.39, 0.29) is 0 Å². The van der Waals surface area contributed by atoms with E-state index in [2.05, 4.69) is 22.8 Å². The van der Waals surface area contributed by atoms with Crippen molar-refractivity contribution in [2.24, 2.45) is 0 Å². The molecule has 7 aromatic rings. The van der Waals surface area contributed by atoms with Gasteiger partial charge in [0.25, 0.3) is 0 Å². The molecule has 7 nitrogen and oxygen atoms in total. The highest BCUT2D eigenvalue weighted by atomic mass is 15.0. The molecule has 0 aliphatic rings. The minimum absolute atomic E-state index is 0.380. The molecule has 0 saturated heterocycles. The van der Waals surface area contributed by atoms with E-state index in [4.69, 9.17) is 15.0 Å². The van der Waals surface area contributed by atoms with Crippen LogP contribution in [0.1, 0.15) is 16.7 Å².